The Morgan fingerprint density at radius 1 is 0.957 bits per heavy atom. The van der Waals surface area contributed by atoms with Crippen molar-refractivity contribution >= 4 is 5.91 Å². The first-order valence-corrected chi connectivity index (χ1v) is 8.07. The fraction of sp³-hybridized carbons (Fsp3) is 0.350. The summed E-state index contributed by atoms with van der Waals surface area (Å²) in [5.74, 6) is 0.999. The molecule has 3 nitrogen and oxygen atoms in total. The highest BCUT2D eigenvalue weighted by molar-refractivity contribution is 5.76. The molecule has 0 N–H and O–H groups in total. The maximum Gasteiger partial charge on any atom is 0.222 e. The molecule has 0 atom stereocenters. The highest BCUT2D eigenvalue weighted by Crippen LogP contribution is 2.13. The number of hydrogen-bond acceptors (Lipinski definition) is 2. The summed E-state index contributed by atoms with van der Waals surface area (Å²) in [4.78, 5) is 14.0. The summed E-state index contributed by atoms with van der Waals surface area (Å²) < 4.78 is 5.15. The number of carbonyl (C=O) groups is 1. The van der Waals surface area contributed by atoms with Crippen molar-refractivity contribution in [3.8, 4) is 5.75 Å². The Morgan fingerprint density at radius 3 is 2.09 bits per heavy atom. The van der Waals surface area contributed by atoms with Gasteiger partial charge in [0.1, 0.15) is 5.75 Å². The Kier molecular flexibility index (Phi) is 6.21. The minimum absolute atomic E-state index is 0.167. The van der Waals surface area contributed by atoms with Crippen molar-refractivity contribution in [3.63, 3.8) is 0 Å². The highest BCUT2D eigenvalue weighted by Gasteiger charge is 2.09. The van der Waals surface area contributed by atoms with Crippen LogP contribution in [0.25, 0.3) is 0 Å². The van der Waals surface area contributed by atoms with Gasteiger partial charge in [0.15, 0.2) is 0 Å². The van der Waals surface area contributed by atoms with Crippen LogP contribution in [0.1, 0.15) is 30.0 Å². The lowest BCUT2D eigenvalue weighted by atomic mass is 10.1. The van der Waals surface area contributed by atoms with Gasteiger partial charge in [-0.2, -0.15) is 0 Å². The van der Waals surface area contributed by atoms with Gasteiger partial charge >= 0.3 is 0 Å². The lowest BCUT2D eigenvalue weighted by Crippen LogP contribution is -2.26. The smallest absolute Gasteiger partial charge is 0.222 e. The molecule has 2 rings (SSSR count). The van der Waals surface area contributed by atoms with Crippen molar-refractivity contribution in [2.45, 2.75) is 32.7 Å². The largest absolute Gasteiger partial charge is 0.497 e. The normalized spacial score (nSPS) is 10.4. The average molecular weight is 311 g/mol. The average Bonchev–Trinajstić information content (AvgIpc) is 2.60. The number of ether oxygens (including phenoxy) is 1. The second-order valence-electron chi connectivity index (χ2n) is 5.77. The fourth-order valence-electron chi connectivity index (χ4n) is 2.48. The Morgan fingerprint density at radius 2 is 1.52 bits per heavy atom. The Bertz CT molecular complexity index is 617. The fourth-order valence-corrected chi connectivity index (χ4v) is 2.48. The molecule has 0 spiro atoms. The third-order valence-corrected chi connectivity index (χ3v) is 4.06. The number of nitrogens with zero attached hydrogens (tertiary/aromatic N) is 1. The molecule has 0 aliphatic heterocycles. The van der Waals surface area contributed by atoms with E-state index in [1.165, 1.54) is 11.1 Å². The van der Waals surface area contributed by atoms with E-state index in [-0.39, 0.29) is 5.91 Å². The molecule has 0 radical (unpaired) electrons. The van der Waals surface area contributed by atoms with Gasteiger partial charge in [-0.3, -0.25) is 4.79 Å². The van der Waals surface area contributed by atoms with Crippen molar-refractivity contribution in [1.82, 2.24) is 4.90 Å². The molecule has 0 saturated carbocycles. The van der Waals surface area contributed by atoms with Crippen molar-refractivity contribution in [2.75, 3.05) is 14.2 Å². The van der Waals surface area contributed by atoms with Crippen LogP contribution >= 0.6 is 0 Å². The summed E-state index contributed by atoms with van der Waals surface area (Å²) >= 11 is 0. The van der Waals surface area contributed by atoms with Gasteiger partial charge in [0.05, 0.1) is 7.11 Å². The molecule has 2 aromatic carbocycles. The highest BCUT2D eigenvalue weighted by atomic mass is 16.5. The van der Waals surface area contributed by atoms with Crippen LogP contribution in [0.2, 0.25) is 0 Å². The zero-order chi connectivity index (χ0) is 16.7. The first-order chi connectivity index (χ1) is 11.1. The molecule has 2 aromatic rings. The molecule has 0 heterocycles. The number of rotatable bonds is 7. The van der Waals surface area contributed by atoms with Crippen LogP contribution in [0.3, 0.4) is 0 Å². The van der Waals surface area contributed by atoms with E-state index in [0.29, 0.717) is 13.0 Å². The molecule has 0 aromatic heterocycles. The van der Waals surface area contributed by atoms with E-state index in [4.69, 9.17) is 4.74 Å². The quantitative estimate of drug-likeness (QED) is 0.777. The van der Waals surface area contributed by atoms with E-state index in [9.17, 15) is 4.79 Å². The molecular formula is C20H25NO2. The first-order valence-electron chi connectivity index (χ1n) is 8.07. The lowest BCUT2D eigenvalue weighted by Gasteiger charge is -2.17. The molecule has 0 saturated heterocycles. The minimum Gasteiger partial charge on any atom is -0.497 e. The summed E-state index contributed by atoms with van der Waals surface area (Å²) in [5, 5.41) is 0. The van der Waals surface area contributed by atoms with Gasteiger partial charge in [-0.05, 0) is 41.7 Å². The zero-order valence-electron chi connectivity index (χ0n) is 14.2. The Labute approximate surface area is 138 Å². The van der Waals surface area contributed by atoms with Crippen LogP contribution in [0.15, 0.2) is 48.5 Å². The van der Waals surface area contributed by atoms with Crippen LogP contribution in [-0.4, -0.2) is 25.0 Å². The van der Waals surface area contributed by atoms with Gasteiger partial charge < -0.3 is 9.64 Å². The molecule has 0 aliphatic rings. The van der Waals surface area contributed by atoms with Crippen LogP contribution in [-0.2, 0) is 24.2 Å². The SMILES string of the molecule is CCc1ccc(CCC(=O)N(C)Cc2ccc(OC)cc2)cc1. The monoisotopic (exact) mass is 311 g/mol. The number of hydrogen-bond donors (Lipinski definition) is 0. The van der Waals surface area contributed by atoms with Crippen molar-refractivity contribution in [2.24, 2.45) is 0 Å². The topological polar surface area (TPSA) is 29.5 Å². The van der Waals surface area contributed by atoms with E-state index >= 15 is 0 Å². The molecule has 23 heavy (non-hydrogen) atoms. The Balaban J connectivity index is 1.83. The molecule has 1 amide bonds. The van der Waals surface area contributed by atoms with Gasteiger partial charge in [-0.1, -0.05) is 43.3 Å². The number of amides is 1. The molecule has 0 aliphatic carbocycles. The van der Waals surface area contributed by atoms with E-state index in [1.807, 2.05) is 31.3 Å². The number of benzene rings is 2. The van der Waals surface area contributed by atoms with E-state index in [0.717, 1.165) is 24.2 Å². The van der Waals surface area contributed by atoms with Crippen LogP contribution in [0.5, 0.6) is 5.75 Å². The first kappa shape index (κ1) is 17.1. The zero-order valence-corrected chi connectivity index (χ0v) is 14.2. The van der Waals surface area contributed by atoms with Gasteiger partial charge in [-0.15, -0.1) is 0 Å². The summed E-state index contributed by atoms with van der Waals surface area (Å²) in [7, 11) is 3.50. The predicted molar refractivity (Wildman–Crippen MR) is 93.6 cm³/mol. The lowest BCUT2D eigenvalue weighted by molar-refractivity contribution is -0.130. The third-order valence-electron chi connectivity index (χ3n) is 4.06. The second-order valence-corrected chi connectivity index (χ2v) is 5.77. The Hall–Kier alpha value is -2.29. The van der Waals surface area contributed by atoms with Gasteiger partial charge in [-0.25, -0.2) is 0 Å². The van der Waals surface area contributed by atoms with Gasteiger partial charge in [0.2, 0.25) is 5.91 Å². The van der Waals surface area contributed by atoms with Crippen molar-refractivity contribution in [1.29, 1.82) is 0 Å². The molecule has 0 unspecified atom stereocenters. The molecule has 0 fully saturated rings. The number of methoxy groups -OCH3 is 1. The summed E-state index contributed by atoms with van der Waals surface area (Å²) in [5.41, 5.74) is 3.65. The van der Waals surface area contributed by atoms with Crippen LogP contribution in [0.4, 0.5) is 0 Å². The minimum atomic E-state index is 0.167. The molecular weight excluding hydrogens is 286 g/mol. The van der Waals surface area contributed by atoms with E-state index in [2.05, 4.69) is 31.2 Å². The van der Waals surface area contributed by atoms with Gasteiger partial charge in [0, 0.05) is 20.0 Å². The van der Waals surface area contributed by atoms with Crippen molar-refractivity contribution in [3.05, 3.63) is 65.2 Å². The van der Waals surface area contributed by atoms with Crippen molar-refractivity contribution < 1.29 is 9.53 Å². The summed E-state index contributed by atoms with van der Waals surface area (Å²) in [6.45, 7) is 2.77. The van der Waals surface area contributed by atoms with Gasteiger partial charge in [0.25, 0.3) is 0 Å². The third kappa shape index (κ3) is 5.13. The molecule has 122 valence electrons. The summed E-state index contributed by atoms with van der Waals surface area (Å²) in [6.07, 6.45) is 2.37. The van der Waals surface area contributed by atoms with Crippen LogP contribution in [0, 0.1) is 0 Å². The second kappa shape index (κ2) is 8.37. The maximum atomic E-state index is 12.3. The standard InChI is InChI=1S/C20H25NO2/c1-4-16-5-7-17(8-6-16)11-14-20(22)21(2)15-18-9-12-19(23-3)13-10-18/h5-10,12-13H,4,11,14-15H2,1-3H3. The van der Waals surface area contributed by atoms with E-state index < -0.39 is 0 Å². The number of carbonyl (C=O) groups excluding carboxylic acids is 1. The predicted octanol–water partition coefficient (Wildman–Crippen LogP) is 3.85. The van der Waals surface area contributed by atoms with Crippen LogP contribution < -0.4 is 4.74 Å². The summed E-state index contributed by atoms with van der Waals surface area (Å²) in [6, 6.07) is 16.3. The number of aryl methyl sites for hydroxylation is 2. The molecule has 0 bridgehead atoms. The van der Waals surface area contributed by atoms with E-state index in [1.54, 1.807) is 12.0 Å². The maximum absolute atomic E-state index is 12.3. The molecule has 3 heteroatoms.